The predicted molar refractivity (Wildman–Crippen MR) is 74.9 cm³/mol. The van der Waals surface area contributed by atoms with E-state index < -0.39 is 0 Å². The van der Waals surface area contributed by atoms with E-state index in [4.69, 9.17) is 9.47 Å². The summed E-state index contributed by atoms with van der Waals surface area (Å²) in [6.45, 7) is 0.512. The Kier molecular flexibility index (Phi) is 3.81. The molecule has 3 rings (SSSR count). The Morgan fingerprint density at radius 2 is 2.05 bits per heavy atom. The van der Waals surface area contributed by atoms with Gasteiger partial charge in [-0.05, 0) is 37.8 Å². The molecule has 1 aromatic carbocycles. The van der Waals surface area contributed by atoms with Crippen LogP contribution in [0.25, 0.3) is 0 Å². The van der Waals surface area contributed by atoms with Crippen molar-refractivity contribution in [3.8, 4) is 5.75 Å². The number of rotatable bonds is 3. The third kappa shape index (κ3) is 3.11. The van der Waals surface area contributed by atoms with Crippen LogP contribution in [0, 0.1) is 5.82 Å². The van der Waals surface area contributed by atoms with Gasteiger partial charge in [-0.1, -0.05) is 28.8 Å². The topological polar surface area (TPSA) is 18.5 Å². The van der Waals surface area contributed by atoms with Crippen molar-refractivity contribution in [1.82, 2.24) is 0 Å². The fourth-order valence-corrected chi connectivity index (χ4v) is 3.65. The third-order valence-corrected chi connectivity index (χ3v) is 4.58. The Morgan fingerprint density at radius 3 is 2.79 bits per heavy atom. The van der Waals surface area contributed by atoms with E-state index in [0.717, 1.165) is 12.8 Å². The minimum absolute atomic E-state index is 0.135. The van der Waals surface area contributed by atoms with Gasteiger partial charge in [0.05, 0.1) is 11.7 Å². The van der Waals surface area contributed by atoms with Crippen LogP contribution in [0.3, 0.4) is 0 Å². The maximum Gasteiger partial charge on any atom is 0.128 e. The van der Waals surface area contributed by atoms with Crippen LogP contribution >= 0.6 is 15.9 Å². The molecule has 1 saturated carbocycles. The van der Waals surface area contributed by atoms with Gasteiger partial charge in [-0.3, -0.25) is 0 Å². The highest BCUT2D eigenvalue weighted by molar-refractivity contribution is 9.10. The predicted octanol–water partition coefficient (Wildman–Crippen LogP) is 4.46. The zero-order chi connectivity index (χ0) is 13.3. The van der Waals surface area contributed by atoms with Crippen molar-refractivity contribution >= 4 is 15.9 Å². The molecule has 0 N–H and O–H groups in total. The average molecular weight is 329 g/mol. The van der Waals surface area contributed by atoms with Crippen LogP contribution < -0.4 is 4.74 Å². The largest absolute Gasteiger partial charge is 0.491 e. The molecule has 1 aliphatic heterocycles. The normalized spacial score (nSPS) is 25.1. The van der Waals surface area contributed by atoms with Gasteiger partial charge in [0, 0.05) is 10.5 Å². The molecule has 1 atom stereocenters. The lowest BCUT2D eigenvalue weighted by atomic mass is 9.98. The molecule has 1 saturated heterocycles. The fraction of sp³-hybridized carbons (Fsp3) is 0.600. The maximum absolute atomic E-state index is 13.2. The number of ether oxygens (including phenoxy) is 2. The molecule has 0 bridgehead atoms. The van der Waals surface area contributed by atoms with Gasteiger partial charge in [0.2, 0.25) is 0 Å². The van der Waals surface area contributed by atoms with Crippen LogP contribution in [0.5, 0.6) is 5.75 Å². The Labute approximate surface area is 121 Å². The molecule has 1 heterocycles. The minimum atomic E-state index is -0.288. The van der Waals surface area contributed by atoms with E-state index in [9.17, 15) is 4.39 Å². The zero-order valence-electron chi connectivity index (χ0n) is 10.8. The first-order valence-corrected chi connectivity index (χ1v) is 7.71. The molecule has 0 amide bonds. The fourth-order valence-electron chi connectivity index (χ4n) is 3.20. The first-order chi connectivity index (χ1) is 9.15. The standard InChI is InChI=1S/C15H18BrFO2/c16-11-7-12(17)9-14(8-11)18-10-13-3-6-15(19-13)4-1-2-5-15/h7-9,13H,1-6,10H2. The molecule has 2 aliphatic rings. The SMILES string of the molecule is Fc1cc(Br)cc(OCC2CCC3(CCCC3)O2)c1. The van der Waals surface area contributed by atoms with Crippen LogP contribution in [0.1, 0.15) is 38.5 Å². The summed E-state index contributed by atoms with van der Waals surface area (Å²) in [6, 6.07) is 4.61. The van der Waals surface area contributed by atoms with Crippen molar-refractivity contribution in [3.63, 3.8) is 0 Å². The van der Waals surface area contributed by atoms with E-state index in [0.29, 0.717) is 16.8 Å². The summed E-state index contributed by atoms with van der Waals surface area (Å²) in [5, 5.41) is 0. The molecule has 1 spiro atoms. The first-order valence-electron chi connectivity index (χ1n) is 6.92. The maximum atomic E-state index is 13.2. The Bertz CT molecular complexity index is 437. The van der Waals surface area contributed by atoms with Crippen molar-refractivity contribution in [1.29, 1.82) is 0 Å². The van der Waals surface area contributed by atoms with Crippen LogP contribution in [-0.4, -0.2) is 18.3 Å². The van der Waals surface area contributed by atoms with Crippen molar-refractivity contribution in [2.24, 2.45) is 0 Å². The molecule has 2 nitrogen and oxygen atoms in total. The molecule has 1 aromatic rings. The second-order valence-electron chi connectivity index (χ2n) is 5.58. The number of hydrogen-bond acceptors (Lipinski definition) is 2. The number of hydrogen-bond donors (Lipinski definition) is 0. The third-order valence-electron chi connectivity index (χ3n) is 4.13. The van der Waals surface area contributed by atoms with Gasteiger partial charge < -0.3 is 9.47 Å². The highest BCUT2D eigenvalue weighted by atomic mass is 79.9. The molecule has 0 aromatic heterocycles. The van der Waals surface area contributed by atoms with Crippen molar-refractivity contribution in [3.05, 3.63) is 28.5 Å². The van der Waals surface area contributed by atoms with Crippen molar-refractivity contribution in [2.75, 3.05) is 6.61 Å². The molecule has 4 heteroatoms. The van der Waals surface area contributed by atoms with Gasteiger partial charge in [0.25, 0.3) is 0 Å². The second kappa shape index (κ2) is 5.41. The van der Waals surface area contributed by atoms with E-state index in [-0.39, 0.29) is 17.5 Å². The summed E-state index contributed by atoms with van der Waals surface area (Å²) in [5.74, 6) is 0.270. The number of benzene rings is 1. The van der Waals surface area contributed by atoms with Gasteiger partial charge in [-0.2, -0.15) is 0 Å². The van der Waals surface area contributed by atoms with Gasteiger partial charge in [0.15, 0.2) is 0 Å². The van der Waals surface area contributed by atoms with E-state index >= 15 is 0 Å². The van der Waals surface area contributed by atoms with E-state index in [1.165, 1.54) is 37.8 Å². The van der Waals surface area contributed by atoms with Crippen LogP contribution in [-0.2, 0) is 4.74 Å². The lowest BCUT2D eigenvalue weighted by molar-refractivity contribution is -0.0509. The molecule has 19 heavy (non-hydrogen) atoms. The minimum Gasteiger partial charge on any atom is -0.491 e. The van der Waals surface area contributed by atoms with E-state index in [1.54, 1.807) is 6.07 Å². The molecule has 104 valence electrons. The lowest BCUT2D eigenvalue weighted by Crippen LogP contribution is -2.27. The molecule has 1 aliphatic carbocycles. The first kappa shape index (κ1) is 13.4. The quantitative estimate of drug-likeness (QED) is 0.815. The Hall–Kier alpha value is -0.610. The van der Waals surface area contributed by atoms with E-state index in [1.807, 2.05) is 0 Å². The summed E-state index contributed by atoms with van der Waals surface area (Å²) >= 11 is 3.26. The van der Waals surface area contributed by atoms with Crippen molar-refractivity contribution in [2.45, 2.75) is 50.2 Å². The summed E-state index contributed by atoms with van der Waals surface area (Å²) < 4.78 is 25.7. The smallest absolute Gasteiger partial charge is 0.128 e. The van der Waals surface area contributed by atoms with Gasteiger partial charge in [-0.15, -0.1) is 0 Å². The Morgan fingerprint density at radius 1 is 1.26 bits per heavy atom. The molecule has 1 unspecified atom stereocenters. The van der Waals surface area contributed by atoms with Crippen molar-refractivity contribution < 1.29 is 13.9 Å². The van der Waals surface area contributed by atoms with Crippen LogP contribution in [0.4, 0.5) is 4.39 Å². The van der Waals surface area contributed by atoms with Gasteiger partial charge >= 0.3 is 0 Å². The van der Waals surface area contributed by atoms with E-state index in [2.05, 4.69) is 15.9 Å². The summed E-state index contributed by atoms with van der Waals surface area (Å²) in [4.78, 5) is 0. The highest BCUT2D eigenvalue weighted by Crippen LogP contribution is 2.43. The van der Waals surface area contributed by atoms with Gasteiger partial charge in [-0.25, -0.2) is 4.39 Å². The monoisotopic (exact) mass is 328 g/mol. The molecular formula is C15H18BrFO2. The Balaban J connectivity index is 1.55. The lowest BCUT2D eigenvalue weighted by Gasteiger charge is -2.23. The van der Waals surface area contributed by atoms with Crippen LogP contribution in [0.2, 0.25) is 0 Å². The summed E-state index contributed by atoms with van der Waals surface area (Å²) in [6.07, 6.45) is 7.29. The second-order valence-corrected chi connectivity index (χ2v) is 6.50. The highest BCUT2D eigenvalue weighted by Gasteiger charge is 2.42. The summed E-state index contributed by atoms with van der Waals surface area (Å²) in [7, 11) is 0. The molecule has 2 fully saturated rings. The average Bonchev–Trinajstić information content (AvgIpc) is 2.97. The number of halogens is 2. The zero-order valence-corrected chi connectivity index (χ0v) is 12.4. The van der Waals surface area contributed by atoms with Crippen LogP contribution in [0.15, 0.2) is 22.7 Å². The molecular weight excluding hydrogens is 311 g/mol. The molecule has 0 radical (unpaired) electrons. The summed E-state index contributed by atoms with van der Waals surface area (Å²) in [5.41, 5.74) is 0.135. The van der Waals surface area contributed by atoms with Gasteiger partial charge in [0.1, 0.15) is 18.2 Å².